The van der Waals surface area contributed by atoms with Crippen molar-refractivity contribution < 1.29 is 42.9 Å². The summed E-state index contributed by atoms with van der Waals surface area (Å²) in [6.07, 6.45) is -4.11. The number of allylic oxidation sites excluding steroid dienone is 1. The number of hydrogen-bond acceptors (Lipinski definition) is 8. The number of carbonyl (C=O) groups is 3. The molecule has 5 unspecified atom stereocenters. The minimum atomic E-state index is -3.95. The second-order valence-corrected chi connectivity index (χ2v) is 11.5. The molecule has 210 valence electrons. The van der Waals surface area contributed by atoms with Crippen LogP contribution in [0, 0.1) is 17.8 Å². The molecule has 39 heavy (non-hydrogen) atoms. The summed E-state index contributed by atoms with van der Waals surface area (Å²) < 4.78 is 46.0. The highest BCUT2D eigenvalue weighted by atomic mass is 19.3. The van der Waals surface area contributed by atoms with Gasteiger partial charge in [0, 0.05) is 17.5 Å². The third-order valence-electron chi connectivity index (χ3n) is 8.76. The van der Waals surface area contributed by atoms with E-state index in [1.165, 1.54) is 6.07 Å². The number of amides is 1. The molecule has 9 nitrogen and oxygen atoms in total. The number of phenolic OH excluding ortho intramolecular Hbond substituents is 1. The van der Waals surface area contributed by atoms with Gasteiger partial charge in [0.25, 0.3) is 11.8 Å². The number of primary amides is 1. The minimum absolute atomic E-state index is 0.00645. The van der Waals surface area contributed by atoms with E-state index in [-0.39, 0.29) is 42.6 Å². The highest BCUT2D eigenvalue weighted by Crippen LogP contribution is 2.52. The lowest BCUT2D eigenvalue weighted by Crippen LogP contribution is -2.59. The van der Waals surface area contributed by atoms with Crippen LogP contribution in [0.15, 0.2) is 29.0 Å². The van der Waals surface area contributed by atoms with Crippen molar-refractivity contribution in [3.8, 4) is 5.75 Å². The molecule has 1 amide bonds. The Morgan fingerprint density at radius 3 is 2.44 bits per heavy atom. The zero-order chi connectivity index (χ0) is 28.8. The summed E-state index contributed by atoms with van der Waals surface area (Å²) >= 11 is 0. The van der Waals surface area contributed by atoms with Gasteiger partial charge < -0.3 is 26.8 Å². The smallest absolute Gasteiger partial charge is 0.292 e. The maximum absolute atomic E-state index is 15.6. The Morgan fingerprint density at radius 2 is 1.79 bits per heavy atom. The Hall–Kier alpha value is -3.38. The third-order valence-corrected chi connectivity index (χ3v) is 8.76. The molecule has 1 aromatic carbocycles. The number of alkyl halides is 3. The summed E-state index contributed by atoms with van der Waals surface area (Å²) in [6.45, 7) is 1.54. The molecule has 1 saturated carbocycles. The third kappa shape index (κ3) is 4.03. The van der Waals surface area contributed by atoms with Crippen LogP contribution in [0.4, 0.5) is 13.2 Å². The van der Waals surface area contributed by atoms with Gasteiger partial charge in [0.15, 0.2) is 11.6 Å². The Balaban J connectivity index is 1.79. The zero-order valence-corrected chi connectivity index (χ0v) is 21.4. The molecule has 1 aromatic rings. The summed E-state index contributed by atoms with van der Waals surface area (Å²) in [7, 11) is 0.984. The van der Waals surface area contributed by atoms with E-state index in [0.717, 1.165) is 7.05 Å². The highest BCUT2D eigenvalue weighted by molar-refractivity contribution is 6.28. The average molecular weight is 550 g/mol. The van der Waals surface area contributed by atoms with Gasteiger partial charge in [0.1, 0.15) is 22.8 Å². The Kier molecular flexibility index (Phi) is 6.15. The molecule has 0 radical (unpaired) electrons. The molecule has 1 fully saturated rings. The van der Waals surface area contributed by atoms with Crippen LogP contribution in [-0.2, 0) is 27.2 Å². The maximum Gasteiger partial charge on any atom is 0.292 e. The van der Waals surface area contributed by atoms with Crippen LogP contribution >= 0.6 is 0 Å². The Labute approximate surface area is 221 Å². The monoisotopic (exact) mass is 549 g/mol. The van der Waals surface area contributed by atoms with E-state index >= 15 is 13.2 Å². The quantitative estimate of drug-likeness (QED) is 0.202. The van der Waals surface area contributed by atoms with Crippen LogP contribution in [0.1, 0.15) is 42.9 Å². The second kappa shape index (κ2) is 8.82. The van der Waals surface area contributed by atoms with Crippen LogP contribution in [0.25, 0.3) is 5.76 Å². The van der Waals surface area contributed by atoms with Crippen molar-refractivity contribution in [3.05, 3.63) is 45.7 Å². The summed E-state index contributed by atoms with van der Waals surface area (Å²) in [5.74, 6) is -12.8. The summed E-state index contributed by atoms with van der Waals surface area (Å²) in [5.41, 5.74) is 10.4. The second-order valence-electron chi connectivity index (χ2n) is 11.5. The van der Waals surface area contributed by atoms with Gasteiger partial charge in [0.2, 0.25) is 6.30 Å². The normalized spacial score (nSPS) is 34.8. The van der Waals surface area contributed by atoms with E-state index < -0.39 is 82.5 Å². The number of aromatic hydroxyl groups is 1. The van der Waals surface area contributed by atoms with Crippen molar-refractivity contribution in [3.63, 3.8) is 0 Å². The number of likely N-dealkylation sites (N-methyl/N-ethyl adjacent to an activating group) is 1. The zero-order valence-electron chi connectivity index (χ0n) is 21.4. The summed E-state index contributed by atoms with van der Waals surface area (Å²) in [6, 6.07) is 1.22. The van der Waals surface area contributed by atoms with Gasteiger partial charge in [0.05, 0.1) is 17.5 Å². The largest absolute Gasteiger partial charge is 0.510 e. The summed E-state index contributed by atoms with van der Waals surface area (Å²) in [5, 5.41) is 32.9. The first-order chi connectivity index (χ1) is 18.1. The first-order valence-electron chi connectivity index (χ1n) is 12.7. The number of nitrogens with two attached hydrogens (primary N) is 2. The molecule has 3 aliphatic carbocycles. The molecule has 12 heteroatoms. The molecule has 1 aliphatic heterocycles. The summed E-state index contributed by atoms with van der Waals surface area (Å²) in [4.78, 5) is 39.8. The molecule has 7 N–H and O–H groups in total. The fourth-order valence-corrected chi connectivity index (χ4v) is 6.90. The highest BCUT2D eigenvalue weighted by Gasteiger charge is 2.58. The number of Topliss-reactive ketones (excluding diaryl/α,β-unsaturated/α-hetero) is 2. The number of hydrogen-bond donors (Lipinski definition) is 5. The van der Waals surface area contributed by atoms with Crippen molar-refractivity contribution in [2.75, 3.05) is 7.05 Å². The number of rotatable bonds is 1. The lowest BCUT2D eigenvalue weighted by Gasteiger charge is -2.48. The van der Waals surface area contributed by atoms with Gasteiger partial charge in [-0.1, -0.05) is 6.07 Å². The van der Waals surface area contributed by atoms with Crippen LogP contribution in [-0.4, -0.2) is 68.5 Å². The van der Waals surface area contributed by atoms with Crippen LogP contribution in [0.3, 0.4) is 0 Å². The van der Waals surface area contributed by atoms with Gasteiger partial charge >= 0.3 is 0 Å². The standard InChI is InChI=1S/C27H30F3N3O6/c1-26(32)5-6-27(29,30)25(28)33(2)19-13-8-11-7-12-10(9-26)3-4-14(34)16(12)20(35)15(11)21(36)17(13)22(37)18(23(19)38)24(31)39/h3-4,11,13,17,19,25,34-35,38H,5-9,32H2,1-2H3,(H2,31,39)/t11?,13?,17?,19-,25?,26?/m0/s1. The average Bonchev–Trinajstić information content (AvgIpc) is 2.83. The predicted octanol–water partition coefficient (Wildman–Crippen LogP) is 2.20. The number of halogens is 3. The van der Waals surface area contributed by atoms with Gasteiger partial charge in [-0.25, -0.2) is 13.2 Å². The molecule has 6 atom stereocenters. The van der Waals surface area contributed by atoms with Gasteiger partial charge in [-0.05, 0) is 68.7 Å². The fourth-order valence-electron chi connectivity index (χ4n) is 6.90. The van der Waals surface area contributed by atoms with Crippen LogP contribution in [0.5, 0.6) is 5.75 Å². The SMILES string of the molecule is CN1C(F)C(F)(F)CCC(C)(N)Cc2ccc(O)c3c2CC2CC4C(C(=O)C(C(N)=O)=C(O)[C@H]41)C(=O)C2=C3O. The molecule has 0 spiro atoms. The van der Waals surface area contributed by atoms with E-state index in [2.05, 4.69) is 0 Å². The van der Waals surface area contributed by atoms with E-state index in [0.29, 0.717) is 16.0 Å². The van der Waals surface area contributed by atoms with E-state index in [1.54, 1.807) is 13.0 Å². The van der Waals surface area contributed by atoms with Crippen LogP contribution < -0.4 is 11.5 Å². The molecule has 3 bridgehead atoms. The molecule has 4 aliphatic rings. The van der Waals surface area contributed by atoms with Gasteiger partial charge in [-0.3, -0.25) is 19.3 Å². The Morgan fingerprint density at radius 1 is 1.13 bits per heavy atom. The molecular formula is C27H30F3N3O6. The number of aliphatic hydroxyl groups is 2. The maximum atomic E-state index is 15.6. The number of benzene rings is 1. The van der Waals surface area contributed by atoms with Crippen molar-refractivity contribution in [2.24, 2.45) is 29.2 Å². The van der Waals surface area contributed by atoms with Crippen molar-refractivity contribution in [1.82, 2.24) is 4.90 Å². The number of aliphatic hydroxyl groups excluding tert-OH is 2. The predicted molar refractivity (Wildman–Crippen MR) is 132 cm³/mol. The number of phenols is 1. The first-order valence-corrected chi connectivity index (χ1v) is 12.7. The van der Waals surface area contributed by atoms with E-state index in [1.807, 2.05) is 0 Å². The number of nitrogens with zero attached hydrogens (tertiary/aromatic N) is 1. The molecular weight excluding hydrogens is 519 g/mol. The first kappa shape index (κ1) is 27.2. The molecule has 1 heterocycles. The molecule has 0 aromatic heterocycles. The minimum Gasteiger partial charge on any atom is -0.510 e. The topological polar surface area (TPSA) is 167 Å². The van der Waals surface area contributed by atoms with Gasteiger partial charge in [-0.15, -0.1) is 0 Å². The van der Waals surface area contributed by atoms with E-state index in [9.17, 15) is 29.7 Å². The van der Waals surface area contributed by atoms with Crippen LogP contribution in [0.2, 0.25) is 0 Å². The van der Waals surface area contributed by atoms with Crippen molar-refractivity contribution >= 4 is 23.2 Å². The number of carbonyl (C=O) groups excluding carboxylic acids is 3. The Bertz CT molecular complexity index is 1370. The lowest BCUT2D eigenvalue weighted by molar-refractivity contribution is -0.159. The van der Waals surface area contributed by atoms with Gasteiger partial charge in [-0.2, -0.15) is 0 Å². The molecule has 5 rings (SSSR count). The van der Waals surface area contributed by atoms with Crippen molar-refractivity contribution in [1.29, 1.82) is 0 Å². The van der Waals surface area contributed by atoms with E-state index in [4.69, 9.17) is 11.5 Å². The number of ketones is 2. The molecule has 0 saturated heterocycles. The van der Waals surface area contributed by atoms with Crippen molar-refractivity contribution in [2.45, 2.75) is 62.8 Å². The lowest BCUT2D eigenvalue weighted by atomic mass is 9.59. The fraction of sp³-hybridized carbons (Fsp3) is 0.519.